The summed E-state index contributed by atoms with van der Waals surface area (Å²) in [5.41, 5.74) is 10.0. The first-order valence-corrected chi connectivity index (χ1v) is 15.7. The molecule has 214 valence electrons. The lowest BCUT2D eigenvalue weighted by molar-refractivity contribution is 0.616. The summed E-state index contributed by atoms with van der Waals surface area (Å²) in [5.74, 6) is 0. The van der Waals surface area contributed by atoms with Crippen molar-refractivity contribution in [3.63, 3.8) is 0 Å². The van der Waals surface area contributed by atoms with Crippen molar-refractivity contribution in [2.24, 2.45) is 0 Å². The molecule has 2 heterocycles. The van der Waals surface area contributed by atoms with E-state index in [1.165, 1.54) is 65.7 Å². The Morgan fingerprint density at radius 3 is 1.80 bits per heavy atom. The van der Waals surface area contributed by atoms with Gasteiger partial charge in [-0.2, -0.15) is 0 Å². The van der Waals surface area contributed by atoms with Crippen molar-refractivity contribution in [2.45, 2.75) is 0 Å². The van der Waals surface area contributed by atoms with E-state index in [0.29, 0.717) is 0 Å². The first-order chi connectivity index (χ1) is 22.8. The van der Waals surface area contributed by atoms with Crippen LogP contribution in [0, 0.1) is 0 Å². The fourth-order valence-corrected chi connectivity index (χ4v) is 7.53. The van der Waals surface area contributed by atoms with E-state index in [1.54, 1.807) is 6.26 Å². The summed E-state index contributed by atoms with van der Waals surface area (Å²) >= 11 is 0. The fourth-order valence-electron chi connectivity index (χ4n) is 7.53. The van der Waals surface area contributed by atoms with Gasteiger partial charge < -0.3 is 8.83 Å². The Labute approximate surface area is 264 Å². The average Bonchev–Trinajstić information content (AvgIpc) is 3.74. The van der Waals surface area contributed by atoms with E-state index >= 15 is 0 Å². The second-order valence-electron chi connectivity index (χ2n) is 12.0. The van der Waals surface area contributed by atoms with Gasteiger partial charge in [-0.15, -0.1) is 0 Å². The fraction of sp³-hybridized carbons (Fsp3) is 0. The first kappa shape index (κ1) is 25.2. The molecule has 0 spiro atoms. The molecule has 0 fully saturated rings. The number of fused-ring (bicyclic) bond motifs is 7. The Balaban J connectivity index is 1.28. The van der Waals surface area contributed by atoms with E-state index in [4.69, 9.17) is 8.83 Å². The third kappa shape index (κ3) is 3.65. The molecular formula is C44H26O2. The van der Waals surface area contributed by atoms with Crippen LogP contribution in [0.25, 0.3) is 98.6 Å². The predicted molar refractivity (Wildman–Crippen MR) is 192 cm³/mol. The standard InChI is InChI=1S/C44H26O2/c1-3-12-34-32(10-1)42(30-21-22-39-29(25-30)23-24-45-39)33-11-2-4-13-35(33)43(34)36-16-7-9-27-19-20-28(26-38(27)36)31-15-8-18-41-44(31)37-14-5-6-17-40(37)46-41/h1-26H. The number of furan rings is 2. The molecule has 0 radical (unpaired) electrons. The van der Waals surface area contributed by atoms with Gasteiger partial charge in [0.2, 0.25) is 0 Å². The van der Waals surface area contributed by atoms with Crippen LogP contribution in [0.5, 0.6) is 0 Å². The van der Waals surface area contributed by atoms with Gasteiger partial charge in [0, 0.05) is 16.2 Å². The van der Waals surface area contributed by atoms with Crippen LogP contribution in [0.4, 0.5) is 0 Å². The quantitative estimate of drug-likeness (QED) is 0.193. The molecule has 0 N–H and O–H groups in total. The van der Waals surface area contributed by atoms with Crippen molar-refractivity contribution in [1.82, 2.24) is 0 Å². The molecule has 46 heavy (non-hydrogen) atoms. The third-order valence-corrected chi connectivity index (χ3v) is 9.54. The molecule has 0 unspecified atom stereocenters. The van der Waals surface area contributed by atoms with Crippen LogP contribution in [0.2, 0.25) is 0 Å². The second-order valence-corrected chi connectivity index (χ2v) is 12.0. The highest BCUT2D eigenvalue weighted by molar-refractivity contribution is 6.24. The minimum Gasteiger partial charge on any atom is -0.464 e. The van der Waals surface area contributed by atoms with Crippen molar-refractivity contribution in [1.29, 1.82) is 0 Å². The van der Waals surface area contributed by atoms with Crippen LogP contribution < -0.4 is 0 Å². The van der Waals surface area contributed by atoms with Crippen LogP contribution in [0.15, 0.2) is 167 Å². The maximum atomic E-state index is 6.25. The van der Waals surface area contributed by atoms with Crippen LogP contribution in [-0.4, -0.2) is 0 Å². The van der Waals surface area contributed by atoms with E-state index in [-0.39, 0.29) is 0 Å². The summed E-state index contributed by atoms with van der Waals surface area (Å²) in [6.07, 6.45) is 1.76. The second kappa shape index (κ2) is 9.69. The highest BCUT2D eigenvalue weighted by Crippen LogP contribution is 2.46. The van der Waals surface area contributed by atoms with Gasteiger partial charge in [0.1, 0.15) is 16.7 Å². The molecule has 10 rings (SSSR count). The molecular weight excluding hydrogens is 560 g/mol. The van der Waals surface area contributed by atoms with Gasteiger partial charge in [0.25, 0.3) is 0 Å². The molecule has 2 heteroatoms. The summed E-state index contributed by atoms with van der Waals surface area (Å²) in [5, 5.41) is 10.8. The van der Waals surface area contributed by atoms with E-state index in [1.807, 2.05) is 18.2 Å². The van der Waals surface area contributed by atoms with E-state index < -0.39 is 0 Å². The van der Waals surface area contributed by atoms with Gasteiger partial charge >= 0.3 is 0 Å². The van der Waals surface area contributed by atoms with Crippen LogP contribution in [-0.2, 0) is 0 Å². The number of benzene rings is 8. The molecule has 0 saturated carbocycles. The first-order valence-electron chi connectivity index (χ1n) is 15.7. The van der Waals surface area contributed by atoms with E-state index in [0.717, 1.165) is 32.9 Å². The van der Waals surface area contributed by atoms with Crippen molar-refractivity contribution in [3.05, 3.63) is 158 Å². The average molecular weight is 587 g/mol. The van der Waals surface area contributed by atoms with Crippen molar-refractivity contribution in [2.75, 3.05) is 0 Å². The third-order valence-electron chi connectivity index (χ3n) is 9.54. The largest absolute Gasteiger partial charge is 0.464 e. The van der Waals surface area contributed by atoms with Gasteiger partial charge in [-0.05, 0) is 102 Å². The SMILES string of the molecule is c1cc(-c2c3ccccc3c(-c3ccc4occc4c3)c3ccccc23)c2cc(-c3cccc4oc5ccccc5c34)ccc2c1. The smallest absolute Gasteiger partial charge is 0.136 e. The molecule has 0 aliphatic carbocycles. The van der Waals surface area contributed by atoms with Crippen molar-refractivity contribution >= 4 is 65.2 Å². The van der Waals surface area contributed by atoms with Gasteiger partial charge in [0.05, 0.1) is 6.26 Å². The van der Waals surface area contributed by atoms with E-state index in [2.05, 4.69) is 133 Å². The predicted octanol–water partition coefficient (Wildman–Crippen LogP) is 12.8. The Morgan fingerprint density at radius 2 is 1.00 bits per heavy atom. The number of rotatable bonds is 3. The molecule has 0 aliphatic heterocycles. The molecule has 0 saturated heterocycles. The van der Waals surface area contributed by atoms with Crippen molar-refractivity contribution in [3.8, 4) is 33.4 Å². The lowest BCUT2D eigenvalue weighted by Crippen LogP contribution is -1.92. The zero-order chi connectivity index (χ0) is 30.2. The van der Waals surface area contributed by atoms with Gasteiger partial charge in [-0.25, -0.2) is 0 Å². The Hall–Kier alpha value is -6.12. The minimum atomic E-state index is 0.902. The van der Waals surface area contributed by atoms with Crippen LogP contribution >= 0.6 is 0 Å². The highest BCUT2D eigenvalue weighted by Gasteiger charge is 2.19. The maximum absolute atomic E-state index is 6.25. The van der Waals surface area contributed by atoms with Crippen LogP contribution in [0.3, 0.4) is 0 Å². The Bertz CT molecular complexity index is 2750. The molecule has 0 atom stereocenters. The van der Waals surface area contributed by atoms with E-state index in [9.17, 15) is 0 Å². The minimum absolute atomic E-state index is 0.902. The Kier molecular flexibility index (Phi) is 5.31. The topological polar surface area (TPSA) is 26.3 Å². The maximum Gasteiger partial charge on any atom is 0.136 e. The molecule has 0 aliphatic rings. The lowest BCUT2D eigenvalue weighted by atomic mass is 9.84. The molecule has 8 aromatic carbocycles. The summed E-state index contributed by atoms with van der Waals surface area (Å²) < 4.78 is 11.9. The molecule has 0 bridgehead atoms. The summed E-state index contributed by atoms with van der Waals surface area (Å²) in [4.78, 5) is 0. The molecule has 0 amide bonds. The zero-order valence-electron chi connectivity index (χ0n) is 24.8. The number of hydrogen-bond donors (Lipinski definition) is 0. The Morgan fingerprint density at radius 1 is 0.348 bits per heavy atom. The number of para-hydroxylation sites is 1. The molecule has 2 aromatic heterocycles. The number of hydrogen-bond acceptors (Lipinski definition) is 2. The summed E-state index contributed by atoms with van der Waals surface area (Å²) in [6.45, 7) is 0. The molecule has 10 aromatic rings. The molecule has 2 nitrogen and oxygen atoms in total. The highest BCUT2D eigenvalue weighted by atomic mass is 16.3. The van der Waals surface area contributed by atoms with Gasteiger partial charge in [-0.3, -0.25) is 0 Å². The summed E-state index contributed by atoms with van der Waals surface area (Å²) in [6, 6.07) is 54.5. The summed E-state index contributed by atoms with van der Waals surface area (Å²) in [7, 11) is 0. The van der Waals surface area contributed by atoms with Crippen molar-refractivity contribution < 1.29 is 8.83 Å². The van der Waals surface area contributed by atoms with Gasteiger partial charge in [0.15, 0.2) is 0 Å². The monoisotopic (exact) mass is 586 g/mol. The zero-order valence-corrected chi connectivity index (χ0v) is 24.8. The van der Waals surface area contributed by atoms with Gasteiger partial charge in [-0.1, -0.05) is 115 Å². The lowest BCUT2D eigenvalue weighted by Gasteiger charge is -2.19. The normalized spacial score (nSPS) is 11.9. The van der Waals surface area contributed by atoms with Crippen LogP contribution in [0.1, 0.15) is 0 Å².